The summed E-state index contributed by atoms with van der Waals surface area (Å²) in [4.78, 5) is 4.31. The smallest absolute Gasteiger partial charge is 0.292 e. The Bertz CT molecular complexity index is 293. The van der Waals surface area contributed by atoms with Gasteiger partial charge in [0.05, 0.1) is 12.6 Å². The van der Waals surface area contributed by atoms with Gasteiger partial charge >= 0.3 is 0 Å². The number of hydrogen-bond acceptors (Lipinski definition) is 5. The molecule has 2 rings (SSSR count). The second kappa shape index (κ2) is 3.23. The van der Waals surface area contributed by atoms with E-state index in [-0.39, 0.29) is 5.54 Å². The summed E-state index contributed by atoms with van der Waals surface area (Å²) in [6.07, 6.45) is 2.30. The molecule has 0 radical (unpaired) electrons. The highest BCUT2D eigenvalue weighted by Crippen LogP contribution is 2.30. The lowest BCUT2D eigenvalue weighted by molar-refractivity contribution is 0.387. The van der Waals surface area contributed by atoms with Crippen LogP contribution in [0, 0.1) is 0 Å². The van der Waals surface area contributed by atoms with Crippen LogP contribution in [0.15, 0.2) is 0 Å². The fourth-order valence-corrected chi connectivity index (χ4v) is 2.21. The van der Waals surface area contributed by atoms with Crippen molar-refractivity contribution in [2.24, 2.45) is 0 Å². The first-order chi connectivity index (χ1) is 6.24. The highest BCUT2D eigenvalue weighted by molar-refractivity contribution is 7.07. The van der Waals surface area contributed by atoms with Crippen LogP contribution in [-0.4, -0.2) is 23.0 Å². The van der Waals surface area contributed by atoms with Gasteiger partial charge in [0.25, 0.3) is 5.19 Å². The number of aromatic nitrogens is 2. The first kappa shape index (κ1) is 8.90. The molecule has 1 unspecified atom stereocenters. The van der Waals surface area contributed by atoms with E-state index in [1.54, 1.807) is 7.11 Å². The van der Waals surface area contributed by atoms with E-state index in [0.29, 0.717) is 5.19 Å². The zero-order chi connectivity index (χ0) is 9.31. The van der Waals surface area contributed by atoms with Crippen LogP contribution < -0.4 is 10.1 Å². The summed E-state index contributed by atoms with van der Waals surface area (Å²) in [7, 11) is 1.62. The summed E-state index contributed by atoms with van der Waals surface area (Å²) >= 11 is 1.31. The van der Waals surface area contributed by atoms with Gasteiger partial charge in [-0.1, -0.05) is 0 Å². The Kier molecular flexibility index (Phi) is 2.21. The van der Waals surface area contributed by atoms with Crippen LogP contribution in [0.3, 0.4) is 0 Å². The van der Waals surface area contributed by atoms with Gasteiger partial charge in [-0.15, -0.1) is 0 Å². The van der Waals surface area contributed by atoms with Gasteiger partial charge in [0, 0.05) is 11.5 Å². The van der Waals surface area contributed by atoms with Crippen LogP contribution in [0.1, 0.15) is 25.6 Å². The lowest BCUT2D eigenvalue weighted by Gasteiger charge is -2.19. The largest absolute Gasteiger partial charge is 0.472 e. The Labute approximate surface area is 81.5 Å². The van der Waals surface area contributed by atoms with Crippen LogP contribution in [0.5, 0.6) is 5.19 Å². The van der Waals surface area contributed by atoms with Gasteiger partial charge < -0.3 is 10.1 Å². The van der Waals surface area contributed by atoms with Crippen molar-refractivity contribution in [1.29, 1.82) is 0 Å². The molecule has 4 nitrogen and oxygen atoms in total. The standard InChI is InChI=1S/C8H13N3OS/c1-8(4-3-5-9-8)6-10-7(12-2)13-11-6/h9H,3-5H2,1-2H3. The Balaban J connectivity index is 2.23. The van der Waals surface area contributed by atoms with Gasteiger partial charge in [0.15, 0.2) is 5.82 Å². The molecule has 1 fully saturated rings. The maximum atomic E-state index is 5.02. The monoisotopic (exact) mass is 199 g/mol. The van der Waals surface area contributed by atoms with Gasteiger partial charge in [0.2, 0.25) is 0 Å². The predicted octanol–water partition coefficient (Wildman–Crippen LogP) is 1.15. The van der Waals surface area contributed by atoms with E-state index < -0.39 is 0 Å². The summed E-state index contributed by atoms with van der Waals surface area (Å²) in [6, 6.07) is 0. The van der Waals surface area contributed by atoms with Gasteiger partial charge in [-0.05, 0) is 26.3 Å². The Morgan fingerprint density at radius 1 is 1.62 bits per heavy atom. The van der Waals surface area contributed by atoms with Gasteiger partial charge in [-0.3, -0.25) is 0 Å². The molecule has 0 aliphatic carbocycles. The molecule has 5 heteroatoms. The van der Waals surface area contributed by atoms with Gasteiger partial charge in [0.1, 0.15) is 0 Å². The van der Waals surface area contributed by atoms with Gasteiger partial charge in [-0.25, -0.2) is 0 Å². The molecule has 1 atom stereocenters. The molecule has 0 amide bonds. The number of nitrogens with zero attached hydrogens (tertiary/aromatic N) is 2. The van der Waals surface area contributed by atoms with Crippen molar-refractivity contribution in [2.45, 2.75) is 25.3 Å². The molecule has 0 aromatic carbocycles. The van der Waals surface area contributed by atoms with Crippen LogP contribution in [0.2, 0.25) is 0 Å². The first-order valence-corrected chi connectivity index (χ1v) is 5.15. The molecule has 1 aliphatic heterocycles. The van der Waals surface area contributed by atoms with E-state index in [1.807, 2.05) is 0 Å². The lowest BCUT2D eigenvalue weighted by Crippen LogP contribution is -2.34. The summed E-state index contributed by atoms with van der Waals surface area (Å²) in [5.41, 5.74) is -0.0344. The van der Waals surface area contributed by atoms with Crippen molar-refractivity contribution < 1.29 is 4.74 Å². The molecule has 13 heavy (non-hydrogen) atoms. The molecule has 0 spiro atoms. The molecule has 72 valence electrons. The maximum Gasteiger partial charge on any atom is 0.292 e. The third kappa shape index (κ3) is 1.53. The van der Waals surface area contributed by atoms with E-state index in [9.17, 15) is 0 Å². The zero-order valence-corrected chi connectivity index (χ0v) is 8.65. The fraction of sp³-hybridized carbons (Fsp3) is 0.750. The zero-order valence-electron chi connectivity index (χ0n) is 7.83. The highest BCUT2D eigenvalue weighted by atomic mass is 32.1. The summed E-state index contributed by atoms with van der Waals surface area (Å²) < 4.78 is 9.30. The molecule has 1 aromatic heterocycles. The minimum atomic E-state index is -0.0344. The summed E-state index contributed by atoms with van der Waals surface area (Å²) in [5.74, 6) is 0.867. The first-order valence-electron chi connectivity index (χ1n) is 4.38. The van der Waals surface area contributed by atoms with Crippen LogP contribution >= 0.6 is 11.5 Å². The second-order valence-electron chi connectivity index (χ2n) is 3.45. The third-order valence-corrected chi connectivity index (χ3v) is 3.12. The van der Waals surface area contributed by atoms with E-state index in [0.717, 1.165) is 18.8 Å². The number of ether oxygens (including phenoxy) is 1. The number of hydrogen-bond donors (Lipinski definition) is 1. The molecule has 2 heterocycles. The summed E-state index contributed by atoms with van der Waals surface area (Å²) in [6.45, 7) is 3.19. The molecular weight excluding hydrogens is 186 g/mol. The van der Waals surface area contributed by atoms with Crippen molar-refractivity contribution in [3.63, 3.8) is 0 Å². The second-order valence-corrected chi connectivity index (χ2v) is 4.16. The lowest BCUT2D eigenvalue weighted by atomic mass is 10.00. The average molecular weight is 199 g/mol. The highest BCUT2D eigenvalue weighted by Gasteiger charge is 2.34. The number of nitrogens with one attached hydrogen (secondary N) is 1. The molecule has 0 saturated carbocycles. The SMILES string of the molecule is COc1nc(C2(C)CCCN2)ns1. The Morgan fingerprint density at radius 2 is 2.46 bits per heavy atom. The van der Waals surface area contributed by atoms with Crippen molar-refractivity contribution in [3.05, 3.63) is 5.82 Å². The number of methoxy groups -OCH3 is 1. The maximum absolute atomic E-state index is 5.02. The quantitative estimate of drug-likeness (QED) is 0.776. The van der Waals surface area contributed by atoms with Gasteiger partial charge in [-0.2, -0.15) is 9.36 Å². The van der Waals surface area contributed by atoms with E-state index in [4.69, 9.17) is 4.74 Å². The summed E-state index contributed by atoms with van der Waals surface area (Å²) in [5, 5.41) is 4.06. The molecule has 0 bridgehead atoms. The topological polar surface area (TPSA) is 47.0 Å². The minimum Gasteiger partial charge on any atom is -0.472 e. The molecule has 1 saturated heterocycles. The third-order valence-electron chi connectivity index (χ3n) is 2.44. The molecule has 1 aliphatic rings. The normalized spacial score (nSPS) is 27.8. The fourth-order valence-electron chi connectivity index (χ4n) is 1.60. The molecule has 1 N–H and O–H groups in total. The minimum absolute atomic E-state index is 0.0344. The van der Waals surface area contributed by atoms with E-state index in [1.165, 1.54) is 18.0 Å². The molecular formula is C8H13N3OS. The Morgan fingerprint density at radius 3 is 3.00 bits per heavy atom. The Hall–Kier alpha value is -0.680. The van der Waals surface area contributed by atoms with E-state index in [2.05, 4.69) is 21.6 Å². The van der Waals surface area contributed by atoms with E-state index >= 15 is 0 Å². The average Bonchev–Trinajstić information content (AvgIpc) is 2.72. The van der Waals surface area contributed by atoms with Crippen molar-refractivity contribution in [3.8, 4) is 5.19 Å². The van der Waals surface area contributed by atoms with Crippen molar-refractivity contribution in [2.75, 3.05) is 13.7 Å². The predicted molar refractivity (Wildman–Crippen MR) is 51.0 cm³/mol. The van der Waals surface area contributed by atoms with Crippen LogP contribution in [-0.2, 0) is 5.54 Å². The molecule has 1 aromatic rings. The number of rotatable bonds is 2. The van der Waals surface area contributed by atoms with Crippen molar-refractivity contribution >= 4 is 11.5 Å². The van der Waals surface area contributed by atoms with Crippen molar-refractivity contribution in [1.82, 2.24) is 14.7 Å². The van der Waals surface area contributed by atoms with Crippen LogP contribution in [0.4, 0.5) is 0 Å². The van der Waals surface area contributed by atoms with Crippen LogP contribution in [0.25, 0.3) is 0 Å².